The van der Waals surface area contributed by atoms with Gasteiger partial charge in [-0.3, -0.25) is 14.1 Å². The van der Waals surface area contributed by atoms with E-state index in [0.29, 0.717) is 16.9 Å². The van der Waals surface area contributed by atoms with Crippen molar-refractivity contribution in [2.24, 2.45) is 16.2 Å². The zero-order chi connectivity index (χ0) is 24.9. The summed E-state index contributed by atoms with van der Waals surface area (Å²) in [5.41, 5.74) is 8.75. The van der Waals surface area contributed by atoms with Crippen molar-refractivity contribution in [3.63, 3.8) is 0 Å². The number of carbonyl (C=O) groups is 2. The van der Waals surface area contributed by atoms with Crippen LogP contribution in [0.3, 0.4) is 0 Å². The lowest BCUT2D eigenvalue weighted by Crippen LogP contribution is -2.23. The van der Waals surface area contributed by atoms with Crippen LogP contribution in [-0.2, 0) is 10.1 Å². The van der Waals surface area contributed by atoms with Gasteiger partial charge >= 0.3 is 0 Å². The van der Waals surface area contributed by atoms with Crippen molar-refractivity contribution in [3.05, 3.63) is 75.3 Å². The fourth-order valence-electron chi connectivity index (χ4n) is 4.23. The first-order chi connectivity index (χ1) is 16.0. The van der Waals surface area contributed by atoms with E-state index in [2.05, 4.69) is 15.7 Å². The molecule has 0 saturated carbocycles. The van der Waals surface area contributed by atoms with E-state index in [1.54, 1.807) is 19.1 Å². The molecule has 0 saturated heterocycles. The molecule has 0 fully saturated rings. The molecule has 3 aromatic carbocycles. The molecule has 0 bridgehead atoms. The third-order valence-corrected chi connectivity index (χ3v) is 6.73. The normalized spacial score (nSPS) is 13.2. The van der Waals surface area contributed by atoms with E-state index in [-0.39, 0.29) is 27.9 Å². The number of ketones is 2. The third kappa shape index (κ3) is 3.51. The molecular formula is C23H21N5O5S. The SMILES string of the molecule is Cc1cc(C)c(Nc2cc(S(=O)(=O)O)c(N=NN)c3c2C(=O)c2ccccc2C3=O)c(C)c1N. The van der Waals surface area contributed by atoms with Gasteiger partial charge in [0.25, 0.3) is 10.1 Å². The van der Waals surface area contributed by atoms with Gasteiger partial charge in [0.1, 0.15) is 10.6 Å². The molecule has 34 heavy (non-hydrogen) atoms. The Morgan fingerprint density at radius 2 is 1.53 bits per heavy atom. The highest BCUT2D eigenvalue weighted by molar-refractivity contribution is 7.86. The van der Waals surface area contributed by atoms with E-state index in [0.717, 1.165) is 17.2 Å². The van der Waals surface area contributed by atoms with Gasteiger partial charge in [0.15, 0.2) is 11.6 Å². The van der Waals surface area contributed by atoms with Crippen LogP contribution in [0.4, 0.5) is 22.7 Å². The number of benzene rings is 3. The first kappa shape index (κ1) is 23.1. The van der Waals surface area contributed by atoms with Crippen molar-refractivity contribution in [2.75, 3.05) is 11.1 Å². The highest BCUT2D eigenvalue weighted by Gasteiger charge is 2.37. The Morgan fingerprint density at radius 3 is 2.09 bits per heavy atom. The van der Waals surface area contributed by atoms with Crippen LogP contribution >= 0.6 is 0 Å². The molecule has 1 aliphatic rings. The summed E-state index contributed by atoms with van der Waals surface area (Å²) in [4.78, 5) is 26.3. The summed E-state index contributed by atoms with van der Waals surface area (Å²) < 4.78 is 34.4. The lowest BCUT2D eigenvalue weighted by molar-refractivity contribution is 0.0980. The van der Waals surface area contributed by atoms with Gasteiger partial charge in [0.2, 0.25) is 0 Å². The average molecular weight is 480 g/mol. The number of hydrogen-bond donors (Lipinski definition) is 4. The van der Waals surface area contributed by atoms with Crippen molar-refractivity contribution in [3.8, 4) is 0 Å². The van der Waals surface area contributed by atoms with Crippen LogP contribution < -0.4 is 16.9 Å². The number of nitrogens with zero attached hydrogens (tertiary/aromatic N) is 2. The zero-order valence-corrected chi connectivity index (χ0v) is 19.3. The second-order valence-electron chi connectivity index (χ2n) is 7.96. The Morgan fingerprint density at radius 1 is 0.941 bits per heavy atom. The number of aryl methyl sites for hydroxylation is 2. The van der Waals surface area contributed by atoms with Gasteiger partial charge in [0.05, 0.1) is 16.8 Å². The molecule has 0 heterocycles. The smallest absolute Gasteiger partial charge is 0.296 e. The van der Waals surface area contributed by atoms with Gasteiger partial charge < -0.3 is 16.9 Å². The predicted octanol–water partition coefficient (Wildman–Crippen LogP) is 3.92. The van der Waals surface area contributed by atoms with E-state index >= 15 is 0 Å². The number of nitrogens with one attached hydrogen (secondary N) is 1. The zero-order valence-electron chi connectivity index (χ0n) is 18.5. The van der Waals surface area contributed by atoms with Crippen molar-refractivity contribution in [2.45, 2.75) is 25.7 Å². The van der Waals surface area contributed by atoms with Gasteiger partial charge in [-0.05, 0) is 43.5 Å². The summed E-state index contributed by atoms with van der Waals surface area (Å²) in [5.74, 6) is 3.99. The minimum atomic E-state index is -4.89. The Labute approximate surface area is 195 Å². The fraction of sp³-hybridized carbons (Fsp3) is 0.130. The minimum absolute atomic E-state index is 0.0131. The topological polar surface area (TPSA) is 177 Å². The van der Waals surface area contributed by atoms with E-state index in [9.17, 15) is 22.6 Å². The van der Waals surface area contributed by atoms with Crippen LogP contribution in [0, 0.1) is 20.8 Å². The van der Waals surface area contributed by atoms with E-state index in [1.807, 2.05) is 19.9 Å². The van der Waals surface area contributed by atoms with Crippen LogP contribution in [-0.4, -0.2) is 24.5 Å². The third-order valence-electron chi connectivity index (χ3n) is 5.86. The number of hydrogen-bond acceptors (Lipinski definition) is 8. The van der Waals surface area contributed by atoms with Gasteiger partial charge in [-0.2, -0.15) is 8.42 Å². The first-order valence-corrected chi connectivity index (χ1v) is 11.5. The van der Waals surface area contributed by atoms with Gasteiger partial charge in [-0.15, -0.1) is 5.11 Å². The molecule has 11 heteroatoms. The number of anilines is 3. The maximum atomic E-state index is 13.5. The van der Waals surface area contributed by atoms with Crippen LogP contribution in [0.15, 0.2) is 51.6 Å². The van der Waals surface area contributed by atoms with E-state index < -0.39 is 32.3 Å². The molecule has 0 aromatic heterocycles. The summed E-state index contributed by atoms with van der Waals surface area (Å²) >= 11 is 0. The van der Waals surface area contributed by atoms with Crippen molar-refractivity contribution in [1.29, 1.82) is 0 Å². The standard InChI is InChI=1S/C23H21N5O5S/c1-10-8-11(2)20(12(3)19(10)24)26-15-9-16(34(31,32)33)21(27-28-25)18-17(15)22(29)13-6-4-5-7-14(13)23(18)30/h4-9,26H,24H2,1-3H3,(H2,25,27)(H,31,32,33). The Balaban J connectivity index is 2.12. The minimum Gasteiger partial charge on any atom is -0.398 e. The summed E-state index contributed by atoms with van der Waals surface area (Å²) in [7, 11) is -4.89. The van der Waals surface area contributed by atoms with Gasteiger partial charge in [-0.1, -0.05) is 35.6 Å². The number of nitrogens with two attached hydrogens (primary N) is 2. The summed E-state index contributed by atoms with van der Waals surface area (Å²) in [6.45, 7) is 5.44. The number of nitrogen functional groups attached to an aromatic ring is 1. The second kappa shape index (κ2) is 8.04. The van der Waals surface area contributed by atoms with Crippen molar-refractivity contribution < 1.29 is 22.6 Å². The maximum Gasteiger partial charge on any atom is 0.296 e. The molecule has 4 rings (SSSR count). The second-order valence-corrected chi connectivity index (χ2v) is 9.35. The summed E-state index contributed by atoms with van der Waals surface area (Å²) in [6, 6.07) is 9.01. The number of rotatable bonds is 4. The number of fused-ring (bicyclic) bond motifs is 2. The monoisotopic (exact) mass is 479 g/mol. The van der Waals surface area contributed by atoms with Crippen LogP contribution in [0.2, 0.25) is 0 Å². The Bertz CT molecular complexity index is 1540. The van der Waals surface area contributed by atoms with Gasteiger partial charge in [-0.25, -0.2) is 0 Å². The van der Waals surface area contributed by atoms with E-state index in [4.69, 9.17) is 11.6 Å². The fourth-order valence-corrected chi connectivity index (χ4v) is 4.89. The molecule has 3 aromatic rings. The van der Waals surface area contributed by atoms with Crippen molar-refractivity contribution in [1.82, 2.24) is 0 Å². The molecule has 1 aliphatic carbocycles. The molecular weight excluding hydrogens is 458 g/mol. The molecule has 0 atom stereocenters. The predicted molar refractivity (Wildman–Crippen MR) is 127 cm³/mol. The van der Waals surface area contributed by atoms with Gasteiger partial charge in [0, 0.05) is 22.5 Å². The highest BCUT2D eigenvalue weighted by Crippen LogP contribution is 2.43. The van der Waals surface area contributed by atoms with Crippen LogP contribution in [0.25, 0.3) is 0 Å². The summed E-state index contributed by atoms with van der Waals surface area (Å²) in [6.07, 6.45) is 0. The molecule has 0 amide bonds. The first-order valence-electron chi connectivity index (χ1n) is 10.1. The molecule has 0 unspecified atom stereocenters. The van der Waals surface area contributed by atoms with Crippen LogP contribution in [0.1, 0.15) is 48.5 Å². The number of carbonyl (C=O) groups excluding carboxylic acids is 2. The lowest BCUT2D eigenvalue weighted by atomic mass is 9.82. The van der Waals surface area contributed by atoms with Crippen molar-refractivity contribution >= 4 is 44.4 Å². The Kier molecular flexibility index (Phi) is 5.46. The molecule has 6 N–H and O–H groups in total. The summed E-state index contributed by atoms with van der Waals surface area (Å²) in [5, 5.41) is 9.78. The molecule has 0 spiro atoms. The van der Waals surface area contributed by atoms with E-state index in [1.165, 1.54) is 12.1 Å². The Hall–Kier alpha value is -4.09. The maximum absolute atomic E-state index is 13.5. The van der Waals surface area contributed by atoms with Crippen LogP contribution in [0.5, 0.6) is 0 Å². The molecule has 0 radical (unpaired) electrons. The lowest BCUT2D eigenvalue weighted by Gasteiger charge is -2.24. The molecule has 10 nitrogen and oxygen atoms in total. The average Bonchev–Trinajstić information content (AvgIpc) is 2.78. The quantitative estimate of drug-likeness (QED) is 0.112. The molecule has 174 valence electrons. The highest BCUT2D eigenvalue weighted by atomic mass is 32.2. The molecule has 0 aliphatic heterocycles. The largest absolute Gasteiger partial charge is 0.398 e.